The number of sulfone groups is 1. The molecule has 20 heavy (non-hydrogen) atoms. The van der Waals surface area contributed by atoms with Crippen molar-refractivity contribution in [3.05, 3.63) is 24.0 Å². The van der Waals surface area contributed by atoms with Crippen LogP contribution in [0.2, 0.25) is 0 Å². The van der Waals surface area contributed by atoms with Crippen LogP contribution in [-0.2, 0) is 14.6 Å². The fraction of sp³-hybridized carbons (Fsp3) is 0.462. The molecule has 1 aromatic carbocycles. The fourth-order valence-electron chi connectivity index (χ4n) is 1.89. The summed E-state index contributed by atoms with van der Waals surface area (Å²) in [7, 11) is -3.93. The second-order valence-corrected chi connectivity index (χ2v) is 6.62. The van der Waals surface area contributed by atoms with Gasteiger partial charge in [-0.15, -0.1) is 0 Å². The number of halogens is 1. The Bertz CT molecular complexity index is 598. The highest BCUT2D eigenvalue weighted by Gasteiger charge is 2.33. The summed E-state index contributed by atoms with van der Waals surface area (Å²) in [6.07, 6.45) is 0. The Labute approximate surface area is 118 Å². The first-order chi connectivity index (χ1) is 9.25. The van der Waals surface area contributed by atoms with Crippen LogP contribution < -0.4 is 5.73 Å². The minimum Gasteiger partial charge on any atom is -0.398 e. The molecule has 0 aliphatic heterocycles. The van der Waals surface area contributed by atoms with Gasteiger partial charge in [0.2, 0.25) is 5.91 Å². The molecule has 0 radical (unpaired) electrons. The van der Waals surface area contributed by atoms with Crippen molar-refractivity contribution in [2.24, 2.45) is 0 Å². The van der Waals surface area contributed by atoms with E-state index in [-0.39, 0.29) is 10.6 Å². The number of amides is 1. The summed E-state index contributed by atoms with van der Waals surface area (Å²) >= 11 is 0. The number of nitrogens with two attached hydrogens (primary N) is 1. The highest BCUT2D eigenvalue weighted by Crippen LogP contribution is 2.24. The van der Waals surface area contributed by atoms with Gasteiger partial charge in [0.15, 0.2) is 9.84 Å². The predicted molar refractivity (Wildman–Crippen MR) is 75.4 cm³/mol. The Hall–Kier alpha value is -1.63. The van der Waals surface area contributed by atoms with Gasteiger partial charge < -0.3 is 10.6 Å². The van der Waals surface area contributed by atoms with Crippen LogP contribution in [0, 0.1) is 5.82 Å². The average molecular weight is 302 g/mol. The van der Waals surface area contributed by atoms with Crippen LogP contribution in [0.15, 0.2) is 23.1 Å². The minimum atomic E-state index is -3.93. The van der Waals surface area contributed by atoms with Crippen LogP contribution in [0.3, 0.4) is 0 Å². The van der Waals surface area contributed by atoms with Crippen molar-refractivity contribution in [1.29, 1.82) is 0 Å². The van der Waals surface area contributed by atoms with E-state index in [4.69, 9.17) is 5.73 Å². The zero-order valence-corrected chi connectivity index (χ0v) is 12.6. The number of rotatable bonds is 5. The van der Waals surface area contributed by atoms with E-state index < -0.39 is 26.8 Å². The van der Waals surface area contributed by atoms with Gasteiger partial charge in [0.25, 0.3) is 0 Å². The molecule has 112 valence electrons. The molecule has 1 unspecified atom stereocenters. The van der Waals surface area contributed by atoms with E-state index in [1.165, 1.54) is 11.8 Å². The molecule has 0 spiro atoms. The van der Waals surface area contributed by atoms with Gasteiger partial charge in [-0.25, -0.2) is 12.8 Å². The van der Waals surface area contributed by atoms with Crippen molar-refractivity contribution in [2.45, 2.75) is 30.9 Å². The number of hydrogen-bond acceptors (Lipinski definition) is 4. The van der Waals surface area contributed by atoms with Crippen molar-refractivity contribution in [3.8, 4) is 0 Å². The molecule has 0 fully saturated rings. The Morgan fingerprint density at radius 3 is 2.35 bits per heavy atom. The Morgan fingerprint density at radius 1 is 1.35 bits per heavy atom. The summed E-state index contributed by atoms with van der Waals surface area (Å²) in [5, 5.41) is -1.25. The number of benzene rings is 1. The molecule has 0 saturated heterocycles. The molecule has 0 aliphatic carbocycles. The maximum Gasteiger partial charge on any atom is 0.240 e. The van der Waals surface area contributed by atoms with E-state index in [1.54, 1.807) is 13.8 Å². The van der Waals surface area contributed by atoms with Crippen molar-refractivity contribution in [2.75, 3.05) is 18.8 Å². The van der Waals surface area contributed by atoms with Crippen LogP contribution >= 0.6 is 0 Å². The second kappa shape index (κ2) is 6.21. The molecule has 0 aromatic heterocycles. The van der Waals surface area contributed by atoms with Gasteiger partial charge in [0.05, 0.1) is 10.6 Å². The normalized spacial score (nSPS) is 13.0. The maximum absolute atomic E-state index is 13.0. The molecule has 2 N–H and O–H groups in total. The number of nitrogens with zero attached hydrogens (tertiary/aromatic N) is 1. The van der Waals surface area contributed by atoms with Crippen molar-refractivity contribution < 1.29 is 17.6 Å². The number of carbonyl (C=O) groups is 1. The molecule has 5 nitrogen and oxygen atoms in total. The summed E-state index contributed by atoms with van der Waals surface area (Å²) in [6, 6.07) is 3.03. The zero-order chi connectivity index (χ0) is 15.5. The van der Waals surface area contributed by atoms with Crippen LogP contribution in [-0.4, -0.2) is 37.6 Å². The van der Waals surface area contributed by atoms with Gasteiger partial charge in [-0.3, -0.25) is 4.79 Å². The summed E-state index contributed by atoms with van der Waals surface area (Å²) in [5.41, 5.74) is 5.35. The molecule has 1 amide bonds. The van der Waals surface area contributed by atoms with Gasteiger partial charge in [0, 0.05) is 13.1 Å². The van der Waals surface area contributed by atoms with Crippen LogP contribution in [0.5, 0.6) is 0 Å². The molecule has 0 heterocycles. The Kier molecular flexibility index (Phi) is 5.10. The lowest BCUT2D eigenvalue weighted by Crippen LogP contribution is -2.41. The molecular formula is C13H19FN2O3S. The number of carbonyl (C=O) groups excluding carboxylic acids is 1. The highest BCUT2D eigenvalue weighted by molar-refractivity contribution is 7.93. The molecule has 0 bridgehead atoms. The predicted octanol–water partition coefficient (Wildman–Crippen LogP) is 1.44. The summed E-state index contributed by atoms with van der Waals surface area (Å²) in [5.74, 6) is -1.11. The van der Waals surface area contributed by atoms with Gasteiger partial charge in [-0.2, -0.15) is 0 Å². The molecule has 7 heteroatoms. The molecular weight excluding hydrogens is 283 g/mol. The van der Waals surface area contributed by atoms with E-state index >= 15 is 0 Å². The van der Waals surface area contributed by atoms with Crippen molar-refractivity contribution in [1.82, 2.24) is 4.90 Å². The molecule has 1 aromatic rings. The van der Waals surface area contributed by atoms with E-state index in [0.717, 1.165) is 18.2 Å². The van der Waals surface area contributed by atoms with E-state index in [0.29, 0.717) is 13.1 Å². The molecule has 1 rings (SSSR count). The van der Waals surface area contributed by atoms with Gasteiger partial charge in [0.1, 0.15) is 11.1 Å². The summed E-state index contributed by atoms with van der Waals surface area (Å²) in [6.45, 7) is 5.71. The van der Waals surface area contributed by atoms with Gasteiger partial charge in [-0.1, -0.05) is 0 Å². The first kappa shape index (κ1) is 16.4. The number of nitrogen functional groups attached to an aromatic ring is 1. The van der Waals surface area contributed by atoms with Crippen LogP contribution in [0.4, 0.5) is 10.1 Å². The largest absolute Gasteiger partial charge is 0.398 e. The van der Waals surface area contributed by atoms with Crippen molar-refractivity contribution >= 4 is 21.4 Å². The standard InChI is InChI=1S/C13H19FN2O3S/c1-4-16(5-2)13(17)9(3)20(18,19)12-7-6-10(14)8-11(12)15/h6-9H,4-5,15H2,1-3H3. The van der Waals surface area contributed by atoms with Gasteiger partial charge in [-0.05, 0) is 39.0 Å². The first-order valence-corrected chi connectivity index (χ1v) is 7.88. The van der Waals surface area contributed by atoms with Crippen LogP contribution in [0.25, 0.3) is 0 Å². The third kappa shape index (κ3) is 3.09. The first-order valence-electron chi connectivity index (χ1n) is 6.33. The number of hydrogen-bond donors (Lipinski definition) is 1. The van der Waals surface area contributed by atoms with Gasteiger partial charge >= 0.3 is 0 Å². The maximum atomic E-state index is 13.0. The second-order valence-electron chi connectivity index (χ2n) is 4.38. The lowest BCUT2D eigenvalue weighted by Gasteiger charge is -2.23. The quantitative estimate of drug-likeness (QED) is 0.659. The van der Waals surface area contributed by atoms with Crippen LogP contribution in [0.1, 0.15) is 20.8 Å². The monoisotopic (exact) mass is 302 g/mol. The zero-order valence-electron chi connectivity index (χ0n) is 11.8. The SMILES string of the molecule is CCN(CC)C(=O)C(C)S(=O)(=O)c1ccc(F)cc1N. The molecule has 0 saturated carbocycles. The molecule has 1 atom stereocenters. The minimum absolute atomic E-state index is 0.191. The summed E-state index contributed by atoms with van der Waals surface area (Å²) in [4.78, 5) is 13.4. The third-order valence-electron chi connectivity index (χ3n) is 3.17. The summed E-state index contributed by atoms with van der Waals surface area (Å²) < 4.78 is 37.8. The van der Waals surface area contributed by atoms with Crippen molar-refractivity contribution in [3.63, 3.8) is 0 Å². The average Bonchev–Trinajstić information content (AvgIpc) is 2.38. The third-order valence-corrected chi connectivity index (χ3v) is 5.28. The fourth-order valence-corrected chi connectivity index (χ4v) is 3.33. The van der Waals surface area contributed by atoms with E-state index in [9.17, 15) is 17.6 Å². The van der Waals surface area contributed by atoms with E-state index in [1.807, 2.05) is 0 Å². The number of anilines is 1. The lowest BCUT2D eigenvalue weighted by molar-refractivity contribution is -0.130. The Morgan fingerprint density at radius 2 is 1.90 bits per heavy atom. The topological polar surface area (TPSA) is 80.5 Å². The Balaban J connectivity index is 3.19. The smallest absolute Gasteiger partial charge is 0.240 e. The lowest BCUT2D eigenvalue weighted by atomic mass is 10.3. The molecule has 0 aliphatic rings. The van der Waals surface area contributed by atoms with E-state index in [2.05, 4.69) is 0 Å². The highest BCUT2D eigenvalue weighted by atomic mass is 32.2.